The summed E-state index contributed by atoms with van der Waals surface area (Å²) in [4.78, 5) is 0. The molecule has 0 radical (unpaired) electrons. The van der Waals surface area contributed by atoms with Crippen LogP contribution in [-0.2, 0) is 9.47 Å². The molecule has 0 saturated heterocycles. The van der Waals surface area contributed by atoms with Crippen LogP contribution in [0.3, 0.4) is 0 Å². The van der Waals surface area contributed by atoms with Crippen molar-refractivity contribution in [3.05, 3.63) is 0 Å². The van der Waals surface area contributed by atoms with Crippen LogP contribution in [0.5, 0.6) is 0 Å². The van der Waals surface area contributed by atoms with Gasteiger partial charge in [-0.3, -0.25) is 0 Å². The van der Waals surface area contributed by atoms with Gasteiger partial charge in [-0.05, 0) is 30.6 Å². The second kappa shape index (κ2) is 8.89. The highest BCUT2D eigenvalue weighted by molar-refractivity contribution is 4.82. The average molecular weight is 258 g/mol. The first kappa shape index (κ1) is 15.9. The standard InChI is InChI=1S/C15H30O3/c1-12(2)15-13(3)6-4-7-14(15)18-11-10-17-9-5-8-16/h12-16H,4-11H2,1-3H3. The maximum absolute atomic E-state index is 8.64. The molecular formula is C15H30O3. The highest BCUT2D eigenvalue weighted by Gasteiger charge is 2.33. The maximum Gasteiger partial charge on any atom is 0.0704 e. The lowest BCUT2D eigenvalue weighted by Gasteiger charge is -2.39. The van der Waals surface area contributed by atoms with Crippen LogP contribution in [0.25, 0.3) is 0 Å². The second-order valence-corrected chi connectivity index (χ2v) is 5.83. The van der Waals surface area contributed by atoms with Crippen molar-refractivity contribution in [3.8, 4) is 0 Å². The van der Waals surface area contributed by atoms with Crippen LogP contribution in [0, 0.1) is 17.8 Å². The van der Waals surface area contributed by atoms with E-state index in [-0.39, 0.29) is 6.61 Å². The molecule has 1 aliphatic rings. The van der Waals surface area contributed by atoms with Gasteiger partial charge in [0.05, 0.1) is 19.3 Å². The predicted octanol–water partition coefficient (Wildman–Crippen LogP) is 2.86. The number of rotatable bonds is 8. The molecule has 18 heavy (non-hydrogen) atoms. The fraction of sp³-hybridized carbons (Fsp3) is 1.00. The molecule has 1 aliphatic carbocycles. The van der Waals surface area contributed by atoms with E-state index < -0.39 is 0 Å². The highest BCUT2D eigenvalue weighted by atomic mass is 16.5. The van der Waals surface area contributed by atoms with E-state index >= 15 is 0 Å². The van der Waals surface area contributed by atoms with E-state index in [9.17, 15) is 0 Å². The van der Waals surface area contributed by atoms with Gasteiger partial charge in [0.1, 0.15) is 0 Å². The lowest BCUT2D eigenvalue weighted by atomic mass is 9.72. The Morgan fingerprint density at radius 2 is 1.94 bits per heavy atom. The van der Waals surface area contributed by atoms with Crippen LogP contribution in [-0.4, -0.2) is 37.6 Å². The molecule has 3 unspecified atom stereocenters. The van der Waals surface area contributed by atoms with Crippen LogP contribution in [0.4, 0.5) is 0 Å². The van der Waals surface area contributed by atoms with Crippen molar-refractivity contribution in [3.63, 3.8) is 0 Å². The second-order valence-electron chi connectivity index (χ2n) is 5.83. The van der Waals surface area contributed by atoms with Crippen LogP contribution in [0.15, 0.2) is 0 Å². The molecule has 0 aromatic carbocycles. The first-order chi connectivity index (χ1) is 8.66. The number of aliphatic hydroxyl groups is 1. The van der Waals surface area contributed by atoms with E-state index in [0.29, 0.717) is 37.8 Å². The third-order valence-corrected chi connectivity index (χ3v) is 4.01. The fourth-order valence-electron chi connectivity index (χ4n) is 3.20. The largest absolute Gasteiger partial charge is 0.396 e. The lowest BCUT2D eigenvalue weighted by molar-refractivity contribution is -0.0650. The molecule has 1 saturated carbocycles. The molecule has 0 aromatic rings. The molecule has 0 heterocycles. The summed E-state index contributed by atoms with van der Waals surface area (Å²) in [5.74, 6) is 2.16. The Labute approximate surface area is 112 Å². The molecule has 108 valence electrons. The Balaban J connectivity index is 2.22. The highest BCUT2D eigenvalue weighted by Crippen LogP contribution is 2.36. The Morgan fingerprint density at radius 1 is 1.17 bits per heavy atom. The molecule has 1 N–H and O–H groups in total. The average Bonchev–Trinajstić information content (AvgIpc) is 2.33. The zero-order chi connectivity index (χ0) is 13.4. The molecule has 1 fully saturated rings. The molecule has 0 bridgehead atoms. The molecule has 0 aromatic heterocycles. The van der Waals surface area contributed by atoms with E-state index in [1.807, 2.05) is 0 Å². The number of hydrogen-bond acceptors (Lipinski definition) is 3. The van der Waals surface area contributed by atoms with Crippen molar-refractivity contribution < 1.29 is 14.6 Å². The molecule has 0 spiro atoms. The van der Waals surface area contributed by atoms with Crippen LogP contribution in [0.1, 0.15) is 46.5 Å². The minimum Gasteiger partial charge on any atom is -0.396 e. The SMILES string of the molecule is CC(C)C1C(C)CCCC1OCCOCCCO. The lowest BCUT2D eigenvalue weighted by Crippen LogP contribution is -2.37. The van der Waals surface area contributed by atoms with Crippen molar-refractivity contribution in [2.75, 3.05) is 26.4 Å². The third-order valence-electron chi connectivity index (χ3n) is 4.01. The van der Waals surface area contributed by atoms with Crippen LogP contribution >= 0.6 is 0 Å². The Morgan fingerprint density at radius 3 is 2.61 bits per heavy atom. The predicted molar refractivity (Wildman–Crippen MR) is 73.6 cm³/mol. The van der Waals surface area contributed by atoms with Gasteiger partial charge in [0.15, 0.2) is 0 Å². The van der Waals surface area contributed by atoms with Crippen LogP contribution < -0.4 is 0 Å². The number of ether oxygens (including phenoxy) is 2. The Hall–Kier alpha value is -0.120. The van der Waals surface area contributed by atoms with Crippen molar-refractivity contribution in [1.29, 1.82) is 0 Å². The first-order valence-electron chi connectivity index (χ1n) is 7.47. The minimum atomic E-state index is 0.205. The van der Waals surface area contributed by atoms with E-state index in [0.717, 1.165) is 12.3 Å². The summed E-state index contributed by atoms with van der Waals surface area (Å²) in [6, 6.07) is 0. The summed E-state index contributed by atoms with van der Waals surface area (Å²) < 4.78 is 11.4. The van der Waals surface area contributed by atoms with Crippen molar-refractivity contribution >= 4 is 0 Å². The summed E-state index contributed by atoms with van der Waals surface area (Å²) in [5, 5.41) is 8.64. The van der Waals surface area contributed by atoms with E-state index in [1.54, 1.807) is 0 Å². The normalized spacial score (nSPS) is 28.8. The molecule has 0 aliphatic heterocycles. The summed E-state index contributed by atoms with van der Waals surface area (Å²) in [7, 11) is 0. The summed E-state index contributed by atoms with van der Waals surface area (Å²) in [6.45, 7) is 9.14. The van der Waals surface area contributed by atoms with Gasteiger partial charge in [-0.15, -0.1) is 0 Å². The topological polar surface area (TPSA) is 38.7 Å². The molecule has 3 heteroatoms. The molecule has 3 atom stereocenters. The Kier molecular flexibility index (Phi) is 7.87. The van der Waals surface area contributed by atoms with Gasteiger partial charge in [-0.25, -0.2) is 0 Å². The smallest absolute Gasteiger partial charge is 0.0704 e. The van der Waals surface area contributed by atoms with Gasteiger partial charge in [-0.1, -0.05) is 33.6 Å². The minimum absolute atomic E-state index is 0.205. The summed E-state index contributed by atoms with van der Waals surface area (Å²) >= 11 is 0. The van der Waals surface area contributed by atoms with Gasteiger partial charge in [0.25, 0.3) is 0 Å². The van der Waals surface area contributed by atoms with Gasteiger partial charge in [0.2, 0.25) is 0 Å². The van der Waals surface area contributed by atoms with Gasteiger partial charge in [-0.2, -0.15) is 0 Å². The molecule has 3 nitrogen and oxygen atoms in total. The number of aliphatic hydroxyl groups excluding tert-OH is 1. The molecule has 1 rings (SSSR count). The fourth-order valence-corrected chi connectivity index (χ4v) is 3.20. The van der Waals surface area contributed by atoms with Gasteiger partial charge < -0.3 is 14.6 Å². The molecule has 0 amide bonds. The zero-order valence-electron chi connectivity index (χ0n) is 12.2. The van der Waals surface area contributed by atoms with E-state index in [4.69, 9.17) is 14.6 Å². The summed E-state index contributed by atoms with van der Waals surface area (Å²) in [5.41, 5.74) is 0. The van der Waals surface area contributed by atoms with Crippen molar-refractivity contribution in [2.45, 2.75) is 52.6 Å². The van der Waals surface area contributed by atoms with Crippen LogP contribution in [0.2, 0.25) is 0 Å². The third kappa shape index (κ3) is 5.25. The molecular weight excluding hydrogens is 228 g/mol. The maximum atomic E-state index is 8.64. The summed E-state index contributed by atoms with van der Waals surface area (Å²) in [6.07, 6.45) is 4.96. The first-order valence-corrected chi connectivity index (χ1v) is 7.47. The van der Waals surface area contributed by atoms with Crippen molar-refractivity contribution in [1.82, 2.24) is 0 Å². The Bertz CT molecular complexity index is 206. The van der Waals surface area contributed by atoms with Gasteiger partial charge >= 0.3 is 0 Å². The quantitative estimate of drug-likeness (QED) is 0.680. The van der Waals surface area contributed by atoms with E-state index in [1.165, 1.54) is 19.3 Å². The number of hydrogen-bond donors (Lipinski definition) is 1. The zero-order valence-corrected chi connectivity index (χ0v) is 12.2. The van der Waals surface area contributed by atoms with Crippen molar-refractivity contribution in [2.24, 2.45) is 17.8 Å². The van der Waals surface area contributed by atoms with Gasteiger partial charge in [0, 0.05) is 13.2 Å². The van der Waals surface area contributed by atoms with E-state index in [2.05, 4.69) is 20.8 Å². The monoisotopic (exact) mass is 258 g/mol.